The molecule has 1 fully saturated rings. The smallest absolute Gasteiger partial charge is 0.345 e. The molecule has 1 N–H and O–H groups in total. The van der Waals surface area contributed by atoms with Gasteiger partial charge in [0.15, 0.2) is 0 Å². The molecule has 1 aliphatic heterocycles. The molecule has 25 heavy (non-hydrogen) atoms. The average molecular weight is 355 g/mol. The van der Waals surface area contributed by atoms with E-state index < -0.39 is 0 Å². The molecule has 1 aliphatic rings. The fraction of sp³-hybridized carbons (Fsp3) is 0.812. The molecule has 1 saturated heterocycles. The zero-order valence-electron chi connectivity index (χ0n) is 15.4. The van der Waals surface area contributed by atoms with Crippen LogP contribution in [0.4, 0.5) is 4.79 Å². The van der Waals surface area contributed by atoms with Gasteiger partial charge in [-0.3, -0.25) is 4.57 Å². The van der Waals surface area contributed by atoms with Crippen LogP contribution in [-0.2, 0) is 22.6 Å². The summed E-state index contributed by atoms with van der Waals surface area (Å²) in [5.74, 6) is 1.02. The summed E-state index contributed by atoms with van der Waals surface area (Å²) >= 11 is 0. The number of rotatable bonds is 8. The van der Waals surface area contributed by atoms with Crippen molar-refractivity contribution in [3.05, 3.63) is 16.3 Å². The van der Waals surface area contributed by atoms with Crippen LogP contribution in [0.2, 0.25) is 0 Å². The number of aromatic nitrogens is 3. The van der Waals surface area contributed by atoms with Gasteiger partial charge in [0, 0.05) is 46.3 Å². The van der Waals surface area contributed by atoms with E-state index >= 15 is 0 Å². The number of piperidine rings is 1. The summed E-state index contributed by atoms with van der Waals surface area (Å²) in [5.41, 5.74) is -0.0886. The van der Waals surface area contributed by atoms with Gasteiger partial charge in [-0.15, -0.1) is 0 Å². The van der Waals surface area contributed by atoms with Crippen LogP contribution < -0.4 is 11.0 Å². The fourth-order valence-corrected chi connectivity index (χ4v) is 3.09. The second-order valence-corrected chi connectivity index (χ2v) is 6.09. The van der Waals surface area contributed by atoms with Crippen molar-refractivity contribution < 1.29 is 14.3 Å². The number of urea groups is 1. The molecule has 9 nitrogen and oxygen atoms in total. The van der Waals surface area contributed by atoms with Gasteiger partial charge in [0.2, 0.25) is 0 Å². The molecule has 0 atom stereocenters. The lowest BCUT2D eigenvalue weighted by atomic mass is 9.96. The van der Waals surface area contributed by atoms with Gasteiger partial charge >= 0.3 is 11.7 Å². The number of hydrogen-bond acceptors (Lipinski definition) is 5. The molecule has 0 aromatic carbocycles. The molecule has 2 rings (SSSR count). The molecule has 0 spiro atoms. The molecule has 142 valence electrons. The van der Waals surface area contributed by atoms with Crippen molar-refractivity contribution in [3.63, 3.8) is 0 Å². The number of likely N-dealkylation sites (tertiary alicyclic amines) is 1. The minimum atomic E-state index is -0.0886. The van der Waals surface area contributed by atoms with E-state index in [0.29, 0.717) is 45.9 Å². The van der Waals surface area contributed by atoms with Crippen LogP contribution >= 0.6 is 0 Å². The SMILES string of the molecule is CCn1c(C2CCN(C(=O)NCCOC)CC2)nn(CCOC)c1=O. The monoisotopic (exact) mass is 355 g/mol. The first-order valence-corrected chi connectivity index (χ1v) is 8.80. The van der Waals surface area contributed by atoms with Gasteiger partial charge in [-0.2, -0.15) is 5.10 Å². The van der Waals surface area contributed by atoms with Gasteiger partial charge in [-0.1, -0.05) is 0 Å². The Morgan fingerprint density at radius 1 is 1.24 bits per heavy atom. The molecule has 0 saturated carbocycles. The zero-order valence-corrected chi connectivity index (χ0v) is 15.4. The van der Waals surface area contributed by atoms with E-state index in [1.54, 1.807) is 18.8 Å². The highest BCUT2D eigenvalue weighted by atomic mass is 16.5. The van der Waals surface area contributed by atoms with E-state index in [2.05, 4.69) is 10.4 Å². The van der Waals surface area contributed by atoms with Crippen molar-refractivity contribution in [2.24, 2.45) is 0 Å². The quantitative estimate of drug-likeness (QED) is 0.675. The number of ether oxygens (including phenoxy) is 2. The fourth-order valence-electron chi connectivity index (χ4n) is 3.09. The molecule has 0 aliphatic carbocycles. The van der Waals surface area contributed by atoms with Crippen LogP contribution in [0, 0.1) is 0 Å². The van der Waals surface area contributed by atoms with Crippen molar-refractivity contribution in [3.8, 4) is 0 Å². The van der Waals surface area contributed by atoms with Gasteiger partial charge in [0.1, 0.15) is 5.82 Å². The molecule has 0 radical (unpaired) electrons. The molecule has 0 bridgehead atoms. The Kier molecular flexibility index (Phi) is 7.45. The summed E-state index contributed by atoms with van der Waals surface area (Å²) < 4.78 is 13.2. The standard InChI is InChI=1S/C16H29N5O4/c1-4-20-14(18-21(16(20)23)10-12-25-3)13-5-8-19(9-6-13)15(22)17-7-11-24-2/h13H,4-12H2,1-3H3,(H,17,22). The molecule has 1 aromatic rings. The lowest BCUT2D eigenvalue weighted by molar-refractivity contribution is 0.168. The van der Waals surface area contributed by atoms with Crippen molar-refractivity contribution in [2.75, 3.05) is 47.1 Å². The number of amides is 2. The van der Waals surface area contributed by atoms with Crippen LogP contribution in [0.5, 0.6) is 0 Å². The Morgan fingerprint density at radius 2 is 1.92 bits per heavy atom. The number of nitrogens with zero attached hydrogens (tertiary/aromatic N) is 4. The van der Waals surface area contributed by atoms with E-state index in [9.17, 15) is 9.59 Å². The average Bonchev–Trinajstić information content (AvgIpc) is 2.95. The normalized spacial score (nSPS) is 15.6. The van der Waals surface area contributed by atoms with Crippen LogP contribution in [0.3, 0.4) is 0 Å². The van der Waals surface area contributed by atoms with Crippen molar-refractivity contribution in [1.82, 2.24) is 24.6 Å². The molecule has 9 heteroatoms. The van der Waals surface area contributed by atoms with Gasteiger partial charge in [-0.25, -0.2) is 14.3 Å². The number of methoxy groups -OCH3 is 2. The topological polar surface area (TPSA) is 90.6 Å². The number of hydrogen-bond donors (Lipinski definition) is 1. The van der Waals surface area contributed by atoms with Crippen LogP contribution in [0.15, 0.2) is 4.79 Å². The predicted molar refractivity (Wildman–Crippen MR) is 92.9 cm³/mol. The van der Waals surface area contributed by atoms with E-state index in [1.165, 1.54) is 4.68 Å². The van der Waals surface area contributed by atoms with Crippen LogP contribution in [0.25, 0.3) is 0 Å². The molecule has 2 amide bonds. The van der Waals surface area contributed by atoms with E-state index in [0.717, 1.165) is 18.7 Å². The van der Waals surface area contributed by atoms with Crippen molar-refractivity contribution >= 4 is 6.03 Å². The summed E-state index contributed by atoms with van der Waals surface area (Å²) in [6, 6.07) is -0.0611. The Morgan fingerprint density at radius 3 is 2.52 bits per heavy atom. The minimum absolute atomic E-state index is 0.0611. The van der Waals surface area contributed by atoms with Gasteiger partial charge in [0.25, 0.3) is 0 Å². The maximum absolute atomic E-state index is 12.4. The lowest BCUT2D eigenvalue weighted by Crippen LogP contribution is -2.45. The van der Waals surface area contributed by atoms with E-state index in [4.69, 9.17) is 9.47 Å². The third-order valence-corrected chi connectivity index (χ3v) is 4.50. The minimum Gasteiger partial charge on any atom is -0.383 e. The first-order chi connectivity index (χ1) is 12.1. The van der Waals surface area contributed by atoms with Gasteiger partial charge < -0.3 is 19.7 Å². The maximum Gasteiger partial charge on any atom is 0.345 e. The molecule has 0 unspecified atom stereocenters. The second kappa shape index (κ2) is 9.57. The number of carbonyl (C=O) groups is 1. The predicted octanol–water partition coefficient (Wildman–Crippen LogP) is 0.247. The highest BCUT2D eigenvalue weighted by Crippen LogP contribution is 2.26. The Labute approximate surface area is 147 Å². The summed E-state index contributed by atoms with van der Waals surface area (Å²) in [5, 5.41) is 7.36. The first kappa shape index (κ1) is 19.5. The second-order valence-electron chi connectivity index (χ2n) is 6.09. The maximum atomic E-state index is 12.4. The molecule has 1 aromatic heterocycles. The van der Waals surface area contributed by atoms with Crippen LogP contribution in [0.1, 0.15) is 31.5 Å². The summed E-state index contributed by atoms with van der Waals surface area (Å²) in [6.45, 7) is 5.79. The molecular formula is C16H29N5O4. The number of carbonyl (C=O) groups excluding carboxylic acids is 1. The van der Waals surface area contributed by atoms with E-state index in [-0.39, 0.29) is 17.6 Å². The van der Waals surface area contributed by atoms with E-state index in [1.807, 2.05) is 11.8 Å². The molecule has 2 heterocycles. The van der Waals surface area contributed by atoms with Crippen LogP contribution in [-0.4, -0.2) is 72.3 Å². The third kappa shape index (κ3) is 4.82. The third-order valence-electron chi connectivity index (χ3n) is 4.50. The largest absolute Gasteiger partial charge is 0.383 e. The highest BCUT2D eigenvalue weighted by Gasteiger charge is 2.28. The van der Waals surface area contributed by atoms with Gasteiger partial charge in [0.05, 0.1) is 19.8 Å². The van der Waals surface area contributed by atoms with Crippen molar-refractivity contribution in [1.29, 1.82) is 0 Å². The molecular weight excluding hydrogens is 326 g/mol. The Hall–Kier alpha value is -1.87. The summed E-state index contributed by atoms with van der Waals surface area (Å²) in [6.07, 6.45) is 1.61. The zero-order chi connectivity index (χ0) is 18.2. The summed E-state index contributed by atoms with van der Waals surface area (Å²) in [7, 11) is 3.22. The van der Waals surface area contributed by atoms with Gasteiger partial charge in [-0.05, 0) is 19.8 Å². The lowest BCUT2D eigenvalue weighted by Gasteiger charge is -2.31. The van der Waals surface area contributed by atoms with Crippen molar-refractivity contribution in [2.45, 2.75) is 38.8 Å². The highest BCUT2D eigenvalue weighted by molar-refractivity contribution is 5.74. The Balaban J connectivity index is 1.98. The first-order valence-electron chi connectivity index (χ1n) is 8.80. The summed E-state index contributed by atoms with van der Waals surface area (Å²) in [4.78, 5) is 26.3. The number of nitrogens with one attached hydrogen (secondary N) is 1. The Bertz CT molecular complexity index is 604.